The van der Waals surface area contributed by atoms with Crippen LogP contribution in [0.5, 0.6) is 0 Å². The second kappa shape index (κ2) is 6.70. The number of likely N-dealkylation sites (N-methyl/N-ethyl adjacent to an activating group) is 1. The molecule has 1 heterocycles. The van der Waals surface area contributed by atoms with Gasteiger partial charge in [0.05, 0.1) is 6.10 Å². The van der Waals surface area contributed by atoms with Crippen LogP contribution in [0.2, 0.25) is 0 Å². The molecule has 0 aromatic carbocycles. The third kappa shape index (κ3) is 3.44. The summed E-state index contributed by atoms with van der Waals surface area (Å²) in [5, 5.41) is 0. The van der Waals surface area contributed by atoms with E-state index in [4.69, 9.17) is 4.74 Å². The topological polar surface area (TPSA) is 12.5 Å². The molecule has 14 heavy (non-hydrogen) atoms. The molecule has 0 bridgehead atoms. The maximum atomic E-state index is 5.60. The fourth-order valence-electron chi connectivity index (χ4n) is 2.09. The minimum atomic E-state index is 0.538. The van der Waals surface area contributed by atoms with Gasteiger partial charge in [-0.15, -0.1) is 0 Å². The van der Waals surface area contributed by atoms with Crippen LogP contribution in [0.25, 0.3) is 0 Å². The van der Waals surface area contributed by atoms with Crippen LogP contribution in [0.15, 0.2) is 0 Å². The van der Waals surface area contributed by atoms with Crippen molar-refractivity contribution in [2.75, 3.05) is 26.5 Å². The molecule has 0 aromatic heterocycles. The Bertz CT molecular complexity index is 144. The minimum Gasteiger partial charge on any atom is -0.377 e. The van der Waals surface area contributed by atoms with Crippen LogP contribution >= 0.6 is 12.6 Å². The zero-order valence-electron chi connectivity index (χ0n) is 9.41. The van der Waals surface area contributed by atoms with Crippen molar-refractivity contribution in [2.45, 2.75) is 44.2 Å². The standard InChI is InChI=1S/C10H19NO.CH4S/c1-11(9-4-2-5-9)8-10-6-3-7-12-10;1-2/h9-10H,2-8H2,1H3;2H,1H3. The number of hydrogen-bond acceptors (Lipinski definition) is 3. The highest BCUT2D eigenvalue weighted by Crippen LogP contribution is 2.24. The molecule has 1 saturated heterocycles. The van der Waals surface area contributed by atoms with Crippen LogP contribution in [0, 0.1) is 0 Å². The normalized spacial score (nSPS) is 27.0. The molecular weight excluding hydrogens is 194 g/mol. The van der Waals surface area contributed by atoms with Gasteiger partial charge in [0.2, 0.25) is 0 Å². The molecule has 0 spiro atoms. The fourth-order valence-corrected chi connectivity index (χ4v) is 2.09. The molecule has 2 nitrogen and oxygen atoms in total. The van der Waals surface area contributed by atoms with Gasteiger partial charge in [0, 0.05) is 19.2 Å². The van der Waals surface area contributed by atoms with Gasteiger partial charge in [-0.3, -0.25) is 0 Å². The van der Waals surface area contributed by atoms with Gasteiger partial charge in [0.15, 0.2) is 0 Å². The van der Waals surface area contributed by atoms with Gasteiger partial charge in [-0.2, -0.15) is 12.6 Å². The van der Waals surface area contributed by atoms with Crippen LogP contribution in [0.3, 0.4) is 0 Å². The Morgan fingerprint density at radius 3 is 2.36 bits per heavy atom. The molecule has 1 atom stereocenters. The Balaban J connectivity index is 0.000000461. The average Bonchev–Trinajstić information content (AvgIpc) is 2.57. The molecule has 1 aliphatic heterocycles. The van der Waals surface area contributed by atoms with Crippen molar-refractivity contribution in [3.63, 3.8) is 0 Å². The zero-order chi connectivity index (χ0) is 10.4. The van der Waals surface area contributed by atoms with E-state index in [0.29, 0.717) is 6.10 Å². The highest BCUT2D eigenvalue weighted by molar-refractivity contribution is 7.79. The molecule has 2 fully saturated rings. The van der Waals surface area contributed by atoms with Gasteiger partial charge < -0.3 is 9.64 Å². The van der Waals surface area contributed by atoms with Crippen LogP contribution in [-0.2, 0) is 4.74 Å². The monoisotopic (exact) mass is 217 g/mol. The van der Waals surface area contributed by atoms with Gasteiger partial charge in [0.1, 0.15) is 0 Å². The molecule has 3 heteroatoms. The second-order valence-corrected chi connectivity index (χ2v) is 4.16. The van der Waals surface area contributed by atoms with Crippen LogP contribution < -0.4 is 0 Å². The number of thiol groups is 1. The lowest BCUT2D eigenvalue weighted by molar-refractivity contribution is 0.0523. The van der Waals surface area contributed by atoms with Crippen molar-refractivity contribution in [3.05, 3.63) is 0 Å². The van der Waals surface area contributed by atoms with Gasteiger partial charge >= 0.3 is 0 Å². The predicted molar refractivity (Wildman–Crippen MR) is 64.2 cm³/mol. The van der Waals surface area contributed by atoms with Crippen molar-refractivity contribution < 1.29 is 4.74 Å². The Labute approximate surface area is 93.4 Å². The first-order valence-corrected chi connectivity index (χ1v) is 6.52. The quantitative estimate of drug-likeness (QED) is 0.728. The molecule has 0 N–H and O–H groups in total. The van der Waals surface area contributed by atoms with E-state index in [-0.39, 0.29) is 0 Å². The van der Waals surface area contributed by atoms with Crippen LogP contribution in [-0.4, -0.2) is 43.5 Å². The fraction of sp³-hybridized carbons (Fsp3) is 1.00. The minimum absolute atomic E-state index is 0.538. The van der Waals surface area contributed by atoms with E-state index in [0.717, 1.165) is 19.2 Å². The van der Waals surface area contributed by atoms with Crippen molar-refractivity contribution in [2.24, 2.45) is 0 Å². The maximum absolute atomic E-state index is 5.60. The average molecular weight is 217 g/mol. The summed E-state index contributed by atoms with van der Waals surface area (Å²) in [4.78, 5) is 2.49. The number of hydrogen-bond donors (Lipinski definition) is 1. The van der Waals surface area contributed by atoms with Crippen molar-refractivity contribution in [1.82, 2.24) is 4.90 Å². The first-order chi connectivity index (χ1) is 6.86. The first-order valence-electron chi connectivity index (χ1n) is 5.63. The van der Waals surface area contributed by atoms with E-state index in [9.17, 15) is 0 Å². The Kier molecular flexibility index (Phi) is 5.90. The van der Waals surface area contributed by atoms with Crippen LogP contribution in [0.1, 0.15) is 32.1 Å². The van der Waals surface area contributed by atoms with E-state index in [2.05, 4.69) is 24.6 Å². The predicted octanol–water partition coefficient (Wildman–Crippen LogP) is 2.20. The number of rotatable bonds is 3. The first kappa shape index (κ1) is 12.3. The molecule has 2 rings (SSSR count). The molecule has 1 unspecified atom stereocenters. The summed E-state index contributed by atoms with van der Waals surface area (Å²) >= 11 is 3.53. The van der Waals surface area contributed by atoms with E-state index in [1.807, 2.05) is 0 Å². The molecule has 84 valence electrons. The molecule has 0 amide bonds. The Morgan fingerprint density at radius 2 is 1.93 bits per heavy atom. The molecule has 1 saturated carbocycles. The maximum Gasteiger partial charge on any atom is 0.0702 e. The van der Waals surface area contributed by atoms with E-state index >= 15 is 0 Å². The number of ether oxygens (including phenoxy) is 1. The summed E-state index contributed by atoms with van der Waals surface area (Å²) in [6.45, 7) is 2.15. The van der Waals surface area contributed by atoms with Gasteiger partial charge in [-0.25, -0.2) is 0 Å². The van der Waals surface area contributed by atoms with E-state index in [1.165, 1.54) is 32.1 Å². The molecule has 1 aliphatic carbocycles. The molecule has 2 aliphatic rings. The molecule has 0 radical (unpaired) electrons. The Morgan fingerprint density at radius 1 is 1.21 bits per heavy atom. The van der Waals surface area contributed by atoms with Crippen molar-refractivity contribution in [1.29, 1.82) is 0 Å². The van der Waals surface area contributed by atoms with Crippen molar-refractivity contribution in [3.8, 4) is 0 Å². The van der Waals surface area contributed by atoms with Crippen LogP contribution in [0.4, 0.5) is 0 Å². The SMILES string of the molecule is CN(CC1CCCO1)C1CCC1.CS. The summed E-state index contributed by atoms with van der Waals surface area (Å²) < 4.78 is 5.60. The van der Waals surface area contributed by atoms with E-state index < -0.39 is 0 Å². The molecule has 0 aromatic rings. The lowest BCUT2D eigenvalue weighted by Gasteiger charge is -2.35. The van der Waals surface area contributed by atoms with Gasteiger partial charge in [-0.05, 0) is 39.0 Å². The summed E-state index contributed by atoms with van der Waals surface area (Å²) in [7, 11) is 2.24. The summed E-state index contributed by atoms with van der Waals surface area (Å²) in [6.07, 6.45) is 9.02. The second-order valence-electron chi connectivity index (χ2n) is 4.16. The van der Waals surface area contributed by atoms with E-state index in [1.54, 1.807) is 6.26 Å². The number of nitrogens with zero attached hydrogens (tertiary/aromatic N) is 1. The zero-order valence-corrected chi connectivity index (χ0v) is 10.3. The van der Waals surface area contributed by atoms with Gasteiger partial charge in [-0.1, -0.05) is 6.42 Å². The largest absolute Gasteiger partial charge is 0.377 e. The van der Waals surface area contributed by atoms with Gasteiger partial charge in [0.25, 0.3) is 0 Å². The third-order valence-electron chi connectivity index (χ3n) is 3.21. The van der Waals surface area contributed by atoms with Crippen molar-refractivity contribution >= 4 is 12.6 Å². The lowest BCUT2D eigenvalue weighted by Crippen LogP contribution is -2.41. The smallest absolute Gasteiger partial charge is 0.0702 e. The highest BCUT2D eigenvalue weighted by atomic mass is 32.1. The third-order valence-corrected chi connectivity index (χ3v) is 3.21. The lowest BCUT2D eigenvalue weighted by atomic mass is 9.91. The molecular formula is C11H23NOS. The highest BCUT2D eigenvalue weighted by Gasteiger charge is 2.25. The summed E-state index contributed by atoms with van der Waals surface area (Å²) in [5.74, 6) is 0. The summed E-state index contributed by atoms with van der Waals surface area (Å²) in [5.41, 5.74) is 0. The summed E-state index contributed by atoms with van der Waals surface area (Å²) in [6, 6.07) is 0.870. The Hall–Kier alpha value is 0.270.